The molecule has 0 N–H and O–H groups in total. The van der Waals surface area contributed by atoms with Crippen LogP contribution in [0.5, 0.6) is 17.2 Å². The van der Waals surface area contributed by atoms with E-state index in [2.05, 4.69) is 0 Å². The largest absolute Gasteiger partial charge is 0.488 e. The van der Waals surface area contributed by atoms with Crippen LogP contribution in [-0.4, -0.2) is 36.8 Å². The Morgan fingerprint density at radius 3 is 2.69 bits per heavy atom. The Hall–Kier alpha value is -4.33. The highest BCUT2D eigenvalue weighted by Crippen LogP contribution is 2.34. The van der Waals surface area contributed by atoms with Crippen molar-refractivity contribution < 1.29 is 14.2 Å². The summed E-state index contributed by atoms with van der Waals surface area (Å²) in [6.45, 7) is 0.580. The number of hydrogen-bond acceptors (Lipinski definition) is 7. The predicted octanol–water partition coefficient (Wildman–Crippen LogP) is 5.70. The molecule has 8 heteroatoms. The first kappa shape index (κ1) is 25.0. The van der Waals surface area contributed by atoms with E-state index >= 15 is 0 Å². The highest BCUT2D eigenvalue weighted by molar-refractivity contribution is 5.85. The van der Waals surface area contributed by atoms with Crippen molar-refractivity contribution in [1.82, 2.24) is 9.66 Å². The van der Waals surface area contributed by atoms with Gasteiger partial charge >= 0.3 is 0 Å². The Morgan fingerprint density at radius 1 is 1.03 bits per heavy atom. The lowest BCUT2D eigenvalue weighted by atomic mass is 9.88. The summed E-state index contributed by atoms with van der Waals surface area (Å²) < 4.78 is 18.7. The molecule has 0 atom stereocenters. The van der Waals surface area contributed by atoms with E-state index in [1.54, 1.807) is 6.21 Å². The molecule has 0 radical (unpaired) electrons. The summed E-state index contributed by atoms with van der Waals surface area (Å²) in [5, 5.41) is 5.29. The van der Waals surface area contributed by atoms with Gasteiger partial charge in [0.2, 0.25) is 6.79 Å². The lowest BCUT2D eigenvalue weighted by molar-refractivity contribution is 0.174. The first-order valence-corrected chi connectivity index (χ1v) is 13.5. The van der Waals surface area contributed by atoms with Crippen molar-refractivity contribution in [3.8, 4) is 17.2 Å². The van der Waals surface area contributed by atoms with Crippen LogP contribution in [0.15, 0.2) is 70.6 Å². The summed E-state index contributed by atoms with van der Waals surface area (Å²) >= 11 is 0. The van der Waals surface area contributed by atoms with Crippen LogP contribution in [0.1, 0.15) is 55.0 Å². The molecule has 4 aromatic rings. The maximum Gasteiger partial charge on any atom is 0.282 e. The zero-order valence-corrected chi connectivity index (χ0v) is 22.3. The minimum absolute atomic E-state index is 0.148. The fraction of sp³-hybridized carbons (Fsp3) is 0.323. The Labute approximate surface area is 227 Å². The van der Waals surface area contributed by atoms with E-state index in [-0.39, 0.29) is 18.3 Å². The number of rotatable bonds is 7. The molecule has 8 nitrogen and oxygen atoms in total. The van der Waals surface area contributed by atoms with Gasteiger partial charge in [-0.2, -0.15) is 9.78 Å². The third-order valence-corrected chi connectivity index (χ3v) is 7.41. The van der Waals surface area contributed by atoms with Gasteiger partial charge in [0.25, 0.3) is 5.56 Å². The van der Waals surface area contributed by atoms with Crippen LogP contribution in [-0.2, 0) is 6.61 Å². The minimum Gasteiger partial charge on any atom is -0.488 e. The van der Waals surface area contributed by atoms with Crippen molar-refractivity contribution in [2.24, 2.45) is 5.10 Å². The van der Waals surface area contributed by atoms with Crippen LogP contribution in [0, 0.1) is 0 Å². The minimum atomic E-state index is -0.148. The standard InChI is InChI=1S/C31H32N4O4/c1-34(2)24-14-13-23(28(17-24)37-19-21-12-15-27-29(16-21)39-20-38-27)18-32-35-30(22-8-4-3-5-9-22)33-26-11-7-6-10-25(26)31(35)36/h6-7,10-18,22H,3-5,8-9,19-20H2,1-2H3. The fourth-order valence-corrected chi connectivity index (χ4v) is 5.22. The van der Waals surface area contributed by atoms with Gasteiger partial charge in [0, 0.05) is 37.3 Å². The van der Waals surface area contributed by atoms with Gasteiger partial charge < -0.3 is 19.1 Å². The molecule has 3 aromatic carbocycles. The molecule has 2 heterocycles. The van der Waals surface area contributed by atoms with Gasteiger partial charge in [-0.05, 0) is 54.8 Å². The first-order chi connectivity index (χ1) is 19.1. The molecule has 2 aliphatic rings. The molecular weight excluding hydrogens is 492 g/mol. The fourth-order valence-electron chi connectivity index (χ4n) is 5.22. The molecule has 0 bridgehead atoms. The number of para-hydroxylation sites is 1. The number of aromatic nitrogens is 2. The van der Waals surface area contributed by atoms with Crippen molar-refractivity contribution >= 4 is 22.8 Å². The second-order valence-corrected chi connectivity index (χ2v) is 10.3. The van der Waals surface area contributed by atoms with Crippen LogP contribution in [0.3, 0.4) is 0 Å². The van der Waals surface area contributed by atoms with Crippen LogP contribution >= 0.6 is 0 Å². The maximum absolute atomic E-state index is 13.6. The van der Waals surface area contributed by atoms with E-state index in [0.29, 0.717) is 17.7 Å². The summed E-state index contributed by atoms with van der Waals surface area (Å²) in [6, 6.07) is 19.3. The smallest absolute Gasteiger partial charge is 0.282 e. The summed E-state index contributed by atoms with van der Waals surface area (Å²) in [5.41, 5.74) is 3.31. The third kappa shape index (κ3) is 5.19. The molecule has 39 heavy (non-hydrogen) atoms. The molecule has 0 amide bonds. The second-order valence-electron chi connectivity index (χ2n) is 10.3. The molecule has 0 unspecified atom stereocenters. The zero-order chi connectivity index (χ0) is 26.8. The molecular formula is C31H32N4O4. The molecule has 1 aromatic heterocycles. The van der Waals surface area contributed by atoms with Gasteiger partial charge in [0.15, 0.2) is 11.5 Å². The van der Waals surface area contributed by atoms with Gasteiger partial charge in [0.1, 0.15) is 18.2 Å². The van der Waals surface area contributed by atoms with Gasteiger partial charge in [0.05, 0.1) is 17.1 Å². The highest BCUT2D eigenvalue weighted by atomic mass is 16.7. The second kappa shape index (κ2) is 10.8. The van der Waals surface area contributed by atoms with Crippen molar-refractivity contribution in [2.75, 3.05) is 25.8 Å². The van der Waals surface area contributed by atoms with E-state index in [1.165, 1.54) is 11.1 Å². The quantitative estimate of drug-likeness (QED) is 0.289. The summed E-state index contributed by atoms with van der Waals surface area (Å²) in [6.07, 6.45) is 7.24. The van der Waals surface area contributed by atoms with Crippen LogP contribution in [0.4, 0.5) is 5.69 Å². The molecule has 1 aliphatic carbocycles. The van der Waals surface area contributed by atoms with Crippen LogP contribution < -0.4 is 24.7 Å². The van der Waals surface area contributed by atoms with Gasteiger partial charge in [-0.15, -0.1) is 0 Å². The van der Waals surface area contributed by atoms with Crippen molar-refractivity contribution in [2.45, 2.75) is 44.6 Å². The lowest BCUT2D eigenvalue weighted by Crippen LogP contribution is -2.25. The summed E-state index contributed by atoms with van der Waals surface area (Å²) in [5.74, 6) is 3.08. The number of hydrogen-bond donors (Lipinski definition) is 0. The zero-order valence-electron chi connectivity index (χ0n) is 22.3. The van der Waals surface area contributed by atoms with Crippen molar-refractivity contribution in [3.63, 3.8) is 0 Å². The third-order valence-electron chi connectivity index (χ3n) is 7.41. The van der Waals surface area contributed by atoms with E-state index in [1.807, 2.05) is 79.7 Å². The van der Waals surface area contributed by atoms with Gasteiger partial charge in [-0.25, -0.2) is 4.98 Å². The van der Waals surface area contributed by atoms with Crippen LogP contribution in [0.2, 0.25) is 0 Å². The monoisotopic (exact) mass is 524 g/mol. The Kier molecular flexibility index (Phi) is 6.92. The first-order valence-electron chi connectivity index (χ1n) is 13.5. The Balaban J connectivity index is 1.36. The van der Waals surface area contributed by atoms with Gasteiger partial charge in [-0.3, -0.25) is 4.79 Å². The number of nitrogens with zero attached hydrogens (tertiary/aromatic N) is 4. The molecule has 1 aliphatic heterocycles. The normalized spacial score (nSPS) is 15.2. The van der Waals surface area contributed by atoms with E-state index in [9.17, 15) is 4.79 Å². The SMILES string of the molecule is CN(C)c1ccc(C=Nn2c(C3CCCCC3)nc3ccccc3c2=O)c(OCc2ccc3c(c2)OCO3)c1. The maximum atomic E-state index is 13.6. The highest BCUT2D eigenvalue weighted by Gasteiger charge is 2.22. The number of ether oxygens (including phenoxy) is 3. The molecule has 6 rings (SSSR count). The van der Waals surface area contributed by atoms with Crippen LogP contribution in [0.25, 0.3) is 10.9 Å². The Morgan fingerprint density at radius 2 is 1.85 bits per heavy atom. The lowest BCUT2D eigenvalue weighted by Gasteiger charge is -2.22. The van der Waals surface area contributed by atoms with Gasteiger partial charge in [-0.1, -0.05) is 37.5 Å². The molecule has 1 fully saturated rings. The van der Waals surface area contributed by atoms with E-state index in [0.717, 1.165) is 65.3 Å². The molecule has 0 saturated heterocycles. The average Bonchev–Trinajstić information content (AvgIpc) is 3.44. The van der Waals surface area contributed by atoms with E-state index < -0.39 is 0 Å². The molecule has 0 spiro atoms. The summed E-state index contributed by atoms with van der Waals surface area (Å²) in [4.78, 5) is 20.5. The summed E-state index contributed by atoms with van der Waals surface area (Å²) in [7, 11) is 3.98. The number of benzene rings is 3. The van der Waals surface area contributed by atoms with Crippen molar-refractivity contribution in [3.05, 3.63) is 88.0 Å². The Bertz CT molecular complexity index is 1590. The molecule has 1 saturated carbocycles. The predicted molar refractivity (Wildman–Crippen MR) is 152 cm³/mol. The van der Waals surface area contributed by atoms with Crippen molar-refractivity contribution in [1.29, 1.82) is 0 Å². The average molecular weight is 525 g/mol. The topological polar surface area (TPSA) is 78.2 Å². The molecule has 200 valence electrons. The van der Waals surface area contributed by atoms with E-state index in [4.69, 9.17) is 24.3 Å². The number of anilines is 1. The number of fused-ring (bicyclic) bond motifs is 2.